The Hall–Kier alpha value is -1.92. The van der Waals surface area contributed by atoms with Crippen molar-refractivity contribution in [1.29, 1.82) is 0 Å². The van der Waals surface area contributed by atoms with Gasteiger partial charge in [0.05, 0.1) is 24.5 Å². The molecule has 5 aliphatic rings. The molecule has 10 unspecified atom stereocenters. The number of hydrogen-bond acceptors (Lipinski definition) is 10. The third-order valence-electron chi connectivity index (χ3n) is 8.00. The summed E-state index contributed by atoms with van der Waals surface area (Å²) in [5.41, 5.74) is -2.26. The summed E-state index contributed by atoms with van der Waals surface area (Å²) in [4.78, 5) is 25.8. The molecule has 1 saturated carbocycles. The summed E-state index contributed by atoms with van der Waals surface area (Å²) < 4.78 is 30.2. The SMILES string of the molecule is CC12CC(=O)C3CC(CC(=O)Oc4ccccc4)(C3O1)C21OC2OC(CO)C(O)C(O)C2O1. The van der Waals surface area contributed by atoms with Crippen LogP contribution in [0.5, 0.6) is 5.75 Å². The van der Waals surface area contributed by atoms with Crippen molar-refractivity contribution >= 4 is 11.8 Å². The lowest BCUT2D eigenvalue weighted by molar-refractivity contribution is -0.306. The first-order chi connectivity index (χ1) is 15.7. The van der Waals surface area contributed by atoms with Gasteiger partial charge in [-0.2, -0.15) is 0 Å². The van der Waals surface area contributed by atoms with Crippen LogP contribution in [0.15, 0.2) is 30.3 Å². The van der Waals surface area contributed by atoms with Crippen LogP contribution < -0.4 is 4.74 Å². The Balaban J connectivity index is 1.36. The summed E-state index contributed by atoms with van der Waals surface area (Å²) >= 11 is 0. The lowest BCUT2D eigenvalue weighted by Crippen LogP contribution is -2.64. The Morgan fingerprint density at radius 3 is 2.64 bits per heavy atom. The molecule has 1 aromatic carbocycles. The van der Waals surface area contributed by atoms with Gasteiger partial charge in [-0.3, -0.25) is 9.59 Å². The van der Waals surface area contributed by atoms with E-state index in [-0.39, 0.29) is 24.5 Å². The summed E-state index contributed by atoms with van der Waals surface area (Å²) in [5.74, 6) is -2.08. The standard InChI is InChI=1S/C23H26O10/c1-21-8-13(25)12-7-22(19(12)32-21,9-15(26)29-11-5-3-2-4-6-11)23(21)31-18-17(28)16(27)14(10-24)30-20(18)33-23/h2-6,12,14,16-20,24,27-28H,7-10H2,1H3. The minimum Gasteiger partial charge on any atom is -0.427 e. The predicted molar refractivity (Wildman–Crippen MR) is 107 cm³/mol. The van der Waals surface area contributed by atoms with Gasteiger partial charge < -0.3 is 39.0 Å². The van der Waals surface area contributed by atoms with Crippen molar-refractivity contribution < 1.29 is 48.6 Å². The molecule has 0 amide bonds. The number of benzene rings is 1. The van der Waals surface area contributed by atoms with Crippen molar-refractivity contribution in [3.8, 4) is 5.75 Å². The molecule has 0 radical (unpaired) electrons. The van der Waals surface area contributed by atoms with E-state index in [0.717, 1.165) is 0 Å². The molecule has 3 N–H and O–H groups in total. The Kier molecular flexibility index (Phi) is 4.61. The first kappa shape index (κ1) is 21.6. The lowest BCUT2D eigenvalue weighted by atomic mass is 9.54. The zero-order valence-corrected chi connectivity index (χ0v) is 18.0. The fourth-order valence-electron chi connectivity index (χ4n) is 6.49. The van der Waals surface area contributed by atoms with E-state index in [4.69, 9.17) is 23.7 Å². The van der Waals surface area contributed by atoms with Crippen molar-refractivity contribution in [1.82, 2.24) is 0 Å². The maximum atomic E-state index is 13.0. The average Bonchev–Trinajstić information content (AvgIpc) is 3.20. The highest BCUT2D eigenvalue weighted by molar-refractivity contribution is 5.87. The minimum absolute atomic E-state index is 0.00878. The van der Waals surface area contributed by atoms with Crippen molar-refractivity contribution in [2.45, 2.75) is 74.4 Å². The monoisotopic (exact) mass is 462 g/mol. The number of carbonyl (C=O) groups is 2. The van der Waals surface area contributed by atoms with E-state index < -0.39 is 66.2 Å². The molecular weight excluding hydrogens is 436 g/mol. The number of Topliss-reactive ketones (excluding diaryl/α,β-unsaturated/α-hetero) is 1. The quantitative estimate of drug-likeness (QED) is 0.402. The van der Waals surface area contributed by atoms with Crippen molar-refractivity contribution in [3.05, 3.63) is 30.3 Å². The third-order valence-corrected chi connectivity index (χ3v) is 8.00. The van der Waals surface area contributed by atoms with Gasteiger partial charge in [-0.25, -0.2) is 0 Å². The Labute approximate surface area is 189 Å². The van der Waals surface area contributed by atoms with E-state index in [1.165, 1.54) is 0 Å². The minimum atomic E-state index is -1.58. The zero-order valence-electron chi connectivity index (χ0n) is 18.0. The van der Waals surface area contributed by atoms with Crippen LogP contribution in [0.25, 0.3) is 0 Å². The highest BCUT2D eigenvalue weighted by Crippen LogP contribution is 2.73. The van der Waals surface area contributed by atoms with E-state index in [0.29, 0.717) is 12.2 Å². The van der Waals surface area contributed by atoms with E-state index in [1.807, 2.05) is 6.07 Å². The van der Waals surface area contributed by atoms with Gasteiger partial charge in [0.25, 0.3) is 0 Å². The second kappa shape index (κ2) is 7.05. The fourth-order valence-corrected chi connectivity index (χ4v) is 6.49. The van der Waals surface area contributed by atoms with Gasteiger partial charge in [0.1, 0.15) is 41.5 Å². The van der Waals surface area contributed by atoms with E-state index in [9.17, 15) is 24.9 Å². The fraction of sp³-hybridized carbons (Fsp3) is 0.652. The molecular formula is C23H26O10. The third kappa shape index (κ3) is 2.68. The number of ketones is 1. The molecule has 10 nitrogen and oxygen atoms in total. The predicted octanol–water partition coefficient (Wildman–Crippen LogP) is -0.331. The van der Waals surface area contributed by atoms with Crippen LogP contribution in [0.1, 0.15) is 26.2 Å². The Morgan fingerprint density at radius 2 is 1.91 bits per heavy atom. The number of ether oxygens (including phenoxy) is 5. The zero-order chi connectivity index (χ0) is 23.2. The number of carbonyl (C=O) groups excluding carboxylic acids is 2. The molecule has 4 saturated heterocycles. The summed E-state index contributed by atoms with van der Waals surface area (Å²) in [7, 11) is 0. The van der Waals surface area contributed by atoms with Gasteiger partial charge in [0.15, 0.2) is 6.29 Å². The molecule has 1 spiro atoms. The summed E-state index contributed by atoms with van der Waals surface area (Å²) in [5, 5.41) is 30.6. The maximum Gasteiger partial charge on any atom is 0.312 e. The number of aliphatic hydroxyl groups excluding tert-OH is 3. The first-order valence-electron chi connectivity index (χ1n) is 11.2. The molecule has 1 aliphatic carbocycles. The van der Waals surface area contributed by atoms with Crippen molar-refractivity contribution in [2.75, 3.05) is 6.61 Å². The molecule has 4 heterocycles. The number of hydrogen-bond donors (Lipinski definition) is 3. The highest BCUT2D eigenvalue weighted by Gasteiger charge is 2.86. The second-order valence-corrected chi connectivity index (χ2v) is 9.87. The van der Waals surface area contributed by atoms with E-state index >= 15 is 0 Å². The van der Waals surface area contributed by atoms with Crippen molar-refractivity contribution in [2.24, 2.45) is 11.3 Å². The molecule has 1 aromatic rings. The van der Waals surface area contributed by atoms with E-state index in [1.54, 1.807) is 31.2 Å². The molecule has 10 atom stereocenters. The lowest BCUT2D eigenvalue weighted by Gasteiger charge is -2.52. The smallest absolute Gasteiger partial charge is 0.312 e. The van der Waals surface area contributed by atoms with Crippen LogP contribution in [-0.4, -0.2) is 81.9 Å². The van der Waals surface area contributed by atoms with E-state index in [2.05, 4.69) is 0 Å². The number of para-hydroxylation sites is 1. The number of fused-ring (bicyclic) bond motifs is 4. The molecule has 5 fully saturated rings. The molecule has 2 bridgehead atoms. The van der Waals surface area contributed by atoms with Crippen molar-refractivity contribution in [3.63, 3.8) is 0 Å². The first-order valence-corrected chi connectivity index (χ1v) is 11.2. The number of esters is 1. The molecule has 10 heteroatoms. The summed E-state index contributed by atoms with van der Waals surface area (Å²) in [6.45, 7) is 1.18. The summed E-state index contributed by atoms with van der Waals surface area (Å²) in [6.07, 6.45) is -6.47. The normalized spacial score (nSPS) is 49.6. The van der Waals surface area contributed by atoms with Crippen LogP contribution in [0.3, 0.4) is 0 Å². The van der Waals surface area contributed by atoms with Crippen LogP contribution in [-0.2, 0) is 28.5 Å². The number of aliphatic hydroxyl groups is 3. The van der Waals surface area contributed by atoms with Gasteiger partial charge >= 0.3 is 5.97 Å². The molecule has 6 rings (SSSR count). The second-order valence-electron chi connectivity index (χ2n) is 9.87. The Morgan fingerprint density at radius 1 is 1.15 bits per heavy atom. The highest BCUT2D eigenvalue weighted by atomic mass is 16.9. The van der Waals surface area contributed by atoms with Crippen LogP contribution >= 0.6 is 0 Å². The summed E-state index contributed by atoms with van der Waals surface area (Å²) in [6, 6.07) is 8.65. The van der Waals surface area contributed by atoms with Gasteiger partial charge in [0, 0.05) is 12.3 Å². The number of rotatable bonds is 4. The molecule has 178 valence electrons. The largest absolute Gasteiger partial charge is 0.427 e. The van der Waals surface area contributed by atoms with Crippen LogP contribution in [0.4, 0.5) is 0 Å². The molecule has 33 heavy (non-hydrogen) atoms. The van der Waals surface area contributed by atoms with Gasteiger partial charge in [-0.15, -0.1) is 0 Å². The van der Waals surface area contributed by atoms with Crippen LogP contribution in [0.2, 0.25) is 0 Å². The molecule has 0 aromatic heterocycles. The maximum absolute atomic E-state index is 13.0. The Bertz CT molecular complexity index is 985. The van der Waals surface area contributed by atoms with Crippen LogP contribution in [0, 0.1) is 11.3 Å². The van der Waals surface area contributed by atoms with Gasteiger partial charge in [-0.1, -0.05) is 18.2 Å². The van der Waals surface area contributed by atoms with Gasteiger partial charge in [-0.05, 0) is 25.5 Å². The van der Waals surface area contributed by atoms with Gasteiger partial charge in [0.2, 0.25) is 5.79 Å². The molecule has 4 aliphatic heterocycles. The average molecular weight is 462 g/mol. The topological polar surface area (TPSA) is 141 Å².